The Labute approximate surface area is 195 Å². The number of thioether (sulfide) groups is 1. The van der Waals surface area contributed by atoms with Crippen LogP contribution in [0.5, 0.6) is 11.5 Å². The first kappa shape index (κ1) is 21.8. The van der Waals surface area contributed by atoms with Gasteiger partial charge in [-0.2, -0.15) is 0 Å². The monoisotopic (exact) mass is 461 g/mol. The molecule has 0 saturated carbocycles. The van der Waals surface area contributed by atoms with Crippen molar-refractivity contribution in [3.63, 3.8) is 0 Å². The molecule has 1 fully saturated rings. The van der Waals surface area contributed by atoms with Crippen molar-refractivity contribution in [1.82, 2.24) is 4.90 Å². The Kier molecular flexibility index (Phi) is 6.68. The lowest BCUT2D eigenvalue weighted by molar-refractivity contribution is -0.145. The maximum atomic E-state index is 13.2. The second-order valence-electron chi connectivity index (χ2n) is 7.05. The predicted molar refractivity (Wildman–Crippen MR) is 130 cm³/mol. The van der Waals surface area contributed by atoms with E-state index in [0.29, 0.717) is 22.0 Å². The minimum atomic E-state index is -1.10. The van der Waals surface area contributed by atoms with Crippen LogP contribution >= 0.6 is 24.0 Å². The molecule has 160 valence electrons. The third-order valence-electron chi connectivity index (χ3n) is 4.87. The molecule has 1 aliphatic rings. The van der Waals surface area contributed by atoms with Gasteiger partial charge in [-0.05, 0) is 29.8 Å². The fourth-order valence-electron chi connectivity index (χ4n) is 3.32. The number of carboxylic acid groups (broad SMARTS) is 1. The predicted octanol–water partition coefficient (Wildman–Crippen LogP) is 5.38. The van der Waals surface area contributed by atoms with Crippen molar-refractivity contribution in [3.8, 4) is 11.5 Å². The largest absolute Gasteiger partial charge is 0.480 e. The number of aliphatic carboxylic acids is 1. The molecular formula is C25H19NO4S2. The summed E-state index contributed by atoms with van der Waals surface area (Å²) < 4.78 is 6.20. The molecule has 1 aliphatic heterocycles. The lowest BCUT2D eigenvalue weighted by atomic mass is 10.0. The van der Waals surface area contributed by atoms with Crippen LogP contribution in [0, 0.1) is 0 Å². The zero-order valence-electron chi connectivity index (χ0n) is 16.9. The number of carbonyl (C=O) groups excluding carboxylic acids is 1. The molecule has 1 saturated heterocycles. The van der Waals surface area contributed by atoms with E-state index < -0.39 is 17.9 Å². The van der Waals surface area contributed by atoms with E-state index in [-0.39, 0.29) is 10.7 Å². The molecule has 1 heterocycles. The number of carboxylic acids is 1. The minimum Gasteiger partial charge on any atom is -0.480 e. The molecule has 1 amide bonds. The number of thiocarbonyl (C=S) groups is 1. The SMILES string of the molecule is O=C(O)[C@H](Cc1ccccc1)N1C(=O)/C(=C/c2ccccc2Oc2ccccc2)SC1=S. The average Bonchev–Trinajstić information content (AvgIpc) is 3.07. The zero-order chi connectivity index (χ0) is 22.5. The van der Waals surface area contributed by atoms with Crippen LogP contribution < -0.4 is 4.74 Å². The van der Waals surface area contributed by atoms with E-state index in [2.05, 4.69) is 0 Å². The number of benzene rings is 3. The second-order valence-corrected chi connectivity index (χ2v) is 8.72. The van der Waals surface area contributed by atoms with Crippen LogP contribution in [0.2, 0.25) is 0 Å². The van der Waals surface area contributed by atoms with Gasteiger partial charge in [0, 0.05) is 12.0 Å². The number of carbonyl (C=O) groups is 2. The first-order valence-electron chi connectivity index (χ1n) is 9.88. The van der Waals surface area contributed by atoms with Crippen LogP contribution in [0.25, 0.3) is 6.08 Å². The van der Waals surface area contributed by atoms with Crippen molar-refractivity contribution in [1.29, 1.82) is 0 Å². The van der Waals surface area contributed by atoms with Crippen LogP contribution in [-0.4, -0.2) is 32.2 Å². The molecule has 7 heteroatoms. The molecule has 1 N–H and O–H groups in total. The van der Waals surface area contributed by atoms with Crippen molar-refractivity contribution in [2.75, 3.05) is 0 Å². The minimum absolute atomic E-state index is 0.170. The molecule has 5 nitrogen and oxygen atoms in total. The Balaban J connectivity index is 1.61. The van der Waals surface area contributed by atoms with Gasteiger partial charge in [0.25, 0.3) is 5.91 Å². The van der Waals surface area contributed by atoms with Crippen LogP contribution in [-0.2, 0) is 16.0 Å². The zero-order valence-corrected chi connectivity index (χ0v) is 18.5. The van der Waals surface area contributed by atoms with Crippen molar-refractivity contribution in [2.24, 2.45) is 0 Å². The number of hydrogen-bond acceptors (Lipinski definition) is 5. The first-order chi connectivity index (χ1) is 15.5. The number of para-hydroxylation sites is 2. The quantitative estimate of drug-likeness (QED) is 0.377. The van der Waals surface area contributed by atoms with E-state index in [9.17, 15) is 14.7 Å². The Bertz CT molecular complexity index is 1180. The van der Waals surface area contributed by atoms with Gasteiger partial charge in [-0.1, -0.05) is 90.7 Å². The fraction of sp³-hybridized carbons (Fsp3) is 0.0800. The van der Waals surface area contributed by atoms with Crippen molar-refractivity contribution >= 4 is 46.3 Å². The molecule has 4 rings (SSSR count). The summed E-state index contributed by atoms with van der Waals surface area (Å²) in [7, 11) is 0. The highest BCUT2D eigenvalue weighted by Gasteiger charge is 2.40. The lowest BCUT2D eigenvalue weighted by Crippen LogP contribution is -2.45. The maximum Gasteiger partial charge on any atom is 0.327 e. The standard InChI is InChI=1S/C25H19NO4S2/c27-23-22(16-18-11-7-8-14-21(18)30-19-12-5-2-6-13-19)32-25(31)26(23)20(24(28)29)15-17-9-3-1-4-10-17/h1-14,16,20H,15H2,(H,28,29)/b22-16-/t20-/m0/s1. The van der Waals surface area contributed by atoms with Gasteiger partial charge in [0.05, 0.1) is 4.91 Å². The summed E-state index contributed by atoms with van der Waals surface area (Å²) in [6, 6.07) is 24.8. The Hall–Kier alpha value is -3.42. The summed E-state index contributed by atoms with van der Waals surface area (Å²) >= 11 is 6.49. The maximum absolute atomic E-state index is 13.2. The molecule has 3 aromatic carbocycles. The molecule has 1 atom stereocenters. The highest BCUT2D eigenvalue weighted by Crippen LogP contribution is 2.36. The average molecular weight is 462 g/mol. The van der Waals surface area contributed by atoms with Gasteiger partial charge in [0.15, 0.2) is 0 Å². The fourth-order valence-corrected chi connectivity index (χ4v) is 4.67. The van der Waals surface area contributed by atoms with E-state index in [1.807, 2.05) is 84.9 Å². The van der Waals surface area contributed by atoms with Crippen molar-refractivity contribution in [2.45, 2.75) is 12.5 Å². The van der Waals surface area contributed by atoms with Gasteiger partial charge < -0.3 is 9.84 Å². The molecule has 0 aliphatic carbocycles. The lowest BCUT2D eigenvalue weighted by Gasteiger charge is -2.23. The van der Waals surface area contributed by atoms with Gasteiger partial charge in [0.2, 0.25) is 0 Å². The molecule has 0 radical (unpaired) electrons. The van der Waals surface area contributed by atoms with E-state index in [1.54, 1.807) is 6.08 Å². The normalized spacial score (nSPS) is 15.8. The molecule has 32 heavy (non-hydrogen) atoms. The summed E-state index contributed by atoms with van der Waals surface area (Å²) in [5.74, 6) is -0.255. The van der Waals surface area contributed by atoms with E-state index in [1.165, 1.54) is 4.90 Å². The summed E-state index contributed by atoms with van der Waals surface area (Å²) in [6.07, 6.45) is 1.86. The highest BCUT2D eigenvalue weighted by atomic mass is 32.2. The van der Waals surface area contributed by atoms with Crippen LogP contribution in [0.15, 0.2) is 89.8 Å². The second kappa shape index (κ2) is 9.80. The number of amides is 1. The van der Waals surface area contributed by atoms with Gasteiger partial charge in [0.1, 0.15) is 21.9 Å². The summed E-state index contributed by atoms with van der Waals surface area (Å²) in [4.78, 5) is 26.7. The smallest absolute Gasteiger partial charge is 0.327 e. The Morgan fingerprint density at radius 3 is 2.31 bits per heavy atom. The van der Waals surface area contributed by atoms with Crippen molar-refractivity contribution < 1.29 is 19.4 Å². The third-order valence-corrected chi connectivity index (χ3v) is 6.20. The molecule has 0 aromatic heterocycles. The summed E-state index contributed by atoms with van der Waals surface area (Å²) in [5, 5.41) is 9.81. The Morgan fingerprint density at radius 1 is 1.00 bits per heavy atom. The number of nitrogens with zero attached hydrogens (tertiary/aromatic N) is 1. The number of ether oxygens (including phenoxy) is 1. The molecule has 0 spiro atoms. The van der Waals surface area contributed by atoms with E-state index in [0.717, 1.165) is 17.3 Å². The van der Waals surface area contributed by atoms with Crippen LogP contribution in [0.4, 0.5) is 0 Å². The molecular weight excluding hydrogens is 442 g/mol. The Morgan fingerprint density at radius 2 is 1.62 bits per heavy atom. The number of hydrogen-bond donors (Lipinski definition) is 1. The van der Waals surface area contributed by atoms with Crippen LogP contribution in [0.3, 0.4) is 0 Å². The summed E-state index contributed by atoms with van der Waals surface area (Å²) in [6.45, 7) is 0. The topological polar surface area (TPSA) is 66.8 Å². The van der Waals surface area contributed by atoms with Gasteiger partial charge in [-0.3, -0.25) is 9.69 Å². The van der Waals surface area contributed by atoms with Gasteiger partial charge in [-0.15, -0.1) is 0 Å². The van der Waals surface area contributed by atoms with Gasteiger partial charge >= 0.3 is 5.97 Å². The van der Waals surface area contributed by atoms with Crippen molar-refractivity contribution in [3.05, 3.63) is 101 Å². The third kappa shape index (κ3) is 4.90. The molecule has 0 bridgehead atoms. The summed E-state index contributed by atoms with van der Waals surface area (Å²) in [5.41, 5.74) is 1.52. The van der Waals surface area contributed by atoms with E-state index >= 15 is 0 Å². The van der Waals surface area contributed by atoms with E-state index in [4.69, 9.17) is 17.0 Å². The molecule has 0 unspecified atom stereocenters. The van der Waals surface area contributed by atoms with Gasteiger partial charge in [-0.25, -0.2) is 4.79 Å². The number of rotatable bonds is 7. The molecule has 3 aromatic rings. The first-order valence-corrected chi connectivity index (χ1v) is 11.1. The highest BCUT2D eigenvalue weighted by molar-refractivity contribution is 8.26. The van der Waals surface area contributed by atoms with Crippen LogP contribution in [0.1, 0.15) is 11.1 Å².